The summed E-state index contributed by atoms with van der Waals surface area (Å²) in [5.41, 5.74) is 7.10. The predicted octanol–water partition coefficient (Wildman–Crippen LogP) is 2.64. The number of hydrogen-bond donors (Lipinski definition) is 1. The summed E-state index contributed by atoms with van der Waals surface area (Å²) >= 11 is 3.17. The highest BCUT2D eigenvalue weighted by atomic mass is 79.9. The first-order valence-electron chi connectivity index (χ1n) is 5.48. The molecule has 0 bridgehead atoms. The molecule has 0 aromatic heterocycles. The van der Waals surface area contributed by atoms with Gasteiger partial charge < -0.3 is 10.5 Å². The summed E-state index contributed by atoms with van der Waals surface area (Å²) in [5, 5.41) is 0. The molecule has 4 heteroatoms. The first-order chi connectivity index (χ1) is 7.66. The Bertz CT molecular complexity index is 366. The minimum atomic E-state index is -0.241. The van der Waals surface area contributed by atoms with E-state index in [0.717, 1.165) is 31.4 Å². The molecule has 0 amide bonds. The van der Waals surface area contributed by atoms with E-state index in [2.05, 4.69) is 15.9 Å². The van der Waals surface area contributed by atoms with Crippen LogP contribution in [0.4, 0.5) is 4.39 Å². The topological polar surface area (TPSA) is 35.2 Å². The molecule has 2 unspecified atom stereocenters. The van der Waals surface area contributed by atoms with Crippen LogP contribution in [0, 0.1) is 5.82 Å². The van der Waals surface area contributed by atoms with Crippen LogP contribution >= 0.6 is 15.9 Å². The standard InChI is InChI=1S/C12H15BrFNO/c13-9-6-8(3-4-10(9)14)7-11(15)12-2-1-5-16-12/h3-4,6,11-12H,1-2,5,7,15H2. The van der Waals surface area contributed by atoms with E-state index < -0.39 is 0 Å². The number of ether oxygens (including phenoxy) is 1. The molecule has 2 nitrogen and oxygen atoms in total. The molecular formula is C12H15BrFNO. The molecule has 0 aliphatic carbocycles. The Balaban J connectivity index is 1.99. The molecule has 0 saturated carbocycles. The van der Waals surface area contributed by atoms with Crippen molar-refractivity contribution in [2.45, 2.75) is 31.4 Å². The van der Waals surface area contributed by atoms with Crippen LogP contribution in [0.1, 0.15) is 18.4 Å². The maximum atomic E-state index is 13.0. The second-order valence-corrected chi connectivity index (χ2v) is 5.02. The van der Waals surface area contributed by atoms with Gasteiger partial charge in [-0.15, -0.1) is 0 Å². The molecule has 1 aromatic carbocycles. The van der Waals surface area contributed by atoms with Gasteiger partial charge in [-0.25, -0.2) is 4.39 Å². The van der Waals surface area contributed by atoms with E-state index in [9.17, 15) is 4.39 Å². The Morgan fingerprint density at radius 2 is 2.38 bits per heavy atom. The van der Waals surface area contributed by atoms with E-state index in [0.29, 0.717) is 4.47 Å². The average Bonchev–Trinajstić information content (AvgIpc) is 2.77. The van der Waals surface area contributed by atoms with Gasteiger partial charge in [-0.1, -0.05) is 6.07 Å². The Kier molecular flexibility index (Phi) is 3.95. The molecule has 88 valence electrons. The summed E-state index contributed by atoms with van der Waals surface area (Å²) in [6, 6.07) is 5.01. The molecule has 2 rings (SSSR count). The van der Waals surface area contributed by atoms with Crippen molar-refractivity contribution in [3.63, 3.8) is 0 Å². The van der Waals surface area contributed by atoms with Gasteiger partial charge in [0.05, 0.1) is 10.6 Å². The lowest BCUT2D eigenvalue weighted by Gasteiger charge is -2.18. The van der Waals surface area contributed by atoms with Crippen LogP contribution in [0.25, 0.3) is 0 Å². The van der Waals surface area contributed by atoms with Crippen LogP contribution in [0.5, 0.6) is 0 Å². The molecule has 1 saturated heterocycles. The lowest BCUT2D eigenvalue weighted by Crippen LogP contribution is -2.36. The van der Waals surface area contributed by atoms with Gasteiger partial charge in [-0.2, -0.15) is 0 Å². The van der Waals surface area contributed by atoms with E-state index in [-0.39, 0.29) is 18.0 Å². The van der Waals surface area contributed by atoms with E-state index >= 15 is 0 Å². The van der Waals surface area contributed by atoms with E-state index in [1.165, 1.54) is 6.07 Å². The molecule has 0 radical (unpaired) electrons. The van der Waals surface area contributed by atoms with Crippen molar-refractivity contribution in [3.05, 3.63) is 34.1 Å². The fourth-order valence-electron chi connectivity index (χ4n) is 2.01. The monoisotopic (exact) mass is 287 g/mol. The number of halogens is 2. The first-order valence-corrected chi connectivity index (χ1v) is 6.27. The lowest BCUT2D eigenvalue weighted by atomic mass is 10.0. The molecule has 1 heterocycles. The van der Waals surface area contributed by atoms with Crippen LogP contribution in [-0.4, -0.2) is 18.8 Å². The van der Waals surface area contributed by atoms with Gasteiger partial charge in [-0.05, 0) is 52.9 Å². The van der Waals surface area contributed by atoms with Crippen molar-refractivity contribution >= 4 is 15.9 Å². The first kappa shape index (κ1) is 12.0. The van der Waals surface area contributed by atoms with Crippen LogP contribution in [0.2, 0.25) is 0 Å². The quantitative estimate of drug-likeness (QED) is 0.928. The largest absolute Gasteiger partial charge is 0.377 e. The smallest absolute Gasteiger partial charge is 0.137 e. The third kappa shape index (κ3) is 2.81. The minimum Gasteiger partial charge on any atom is -0.377 e. The fourth-order valence-corrected chi connectivity index (χ4v) is 2.44. The Morgan fingerprint density at radius 1 is 1.56 bits per heavy atom. The zero-order valence-electron chi connectivity index (χ0n) is 8.96. The van der Waals surface area contributed by atoms with Crippen molar-refractivity contribution in [1.82, 2.24) is 0 Å². The third-order valence-electron chi connectivity index (χ3n) is 2.90. The van der Waals surface area contributed by atoms with Gasteiger partial charge in [-0.3, -0.25) is 0 Å². The third-order valence-corrected chi connectivity index (χ3v) is 3.51. The Labute approximate surface area is 103 Å². The summed E-state index contributed by atoms with van der Waals surface area (Å²) in [7, 11) is 0. The number of benzene rings is 1. The summed E-state index contributed by atoms with van der Waals surface area (Å²) in [6.45, 7) is 0.811. The van der Waals surface area contributed by atoms with Crippen LogP contribution < -0.4 is 5.73 Å². The molecule has 16 heavy (non-hydrogen) atoms. The molecule has 2 atom stereocenters. The zero-order chi connectivity index (χ0) is 11.5. The number of rotatable bonds is 3. The van der Waals surface area contributed by atoms with Gasteiger partial charge in [0.2, 0.25) is 0 Å². The van der Waals surface area contributed by atoms with Gasteiger partial charge in [0.15, 0.2) is 0 Å². The van der Waals surface area contributed by atoms with Crippen LogP contribution in [0.3, 0.4) is 0 Å². The van der Waals surface area contributed by atoms with E-state index in [1.807, 2.05) is 0 Å². The van der Waals surface area contributed by atoms with Gasteiger partial charge in [0.25, 0.3) is 0 Å². The predicted molar refractivity (Wildman–Crippen MR) is 64.8 cm³/mol. The molecule has 2 N–H and O–H groups in total. The molecule has 1 aliphatic rings. The highest BCUT2D eigenvalue weighted by molar-refractivity contribution is 9.10. The maximum absolute atomic E-state index is 13.0. The zero-order valence-corrected chi connectivity index (χ0v) is 10.5. The normalized spacial score (nSPS) is 22.3. The molecular weight excluding hydrogens is 273 g/mol. The van der Waals surface area contributed by atoms with Gasteiger partial charge >= 0.3 is 0 Å². The highest BCUT2D eigenvalue weighted by Crippen LogP contribution is 2.20. The number of hydrogen-bond acceptors (Lipinski definition) is 2. The molecule has 0 spiro atoms. The fraction of sp³-hybridized carbons (Fsp3) is 0.500. The second kappa shape index (κ2) is 5.25. The Hall–Kier alpha value is -0.450. The molecule has 1 fully saturated rings. The van der Waals surface area contributed by atoms with Crippen molar-refractivity contribution in [1.29, 1.82) is 0 Å². The van der Waals surface area contributed by atoms with Crippen LogP contribution in [0.15, 0.2) is 22.7 Å². The SMILES string of the molecule is NC(Cc1ccc(F)c(Br)c1)C1CCCO1. The molecule has 1 aliphatic heterocycles. The molecule has 1 aromatic rings. The maximum Gasteiger partial charge on any atom is 0.137 e. The van der Waals surface area contributed by atoms with Gasteiger partial charge in [0, 0.05) is 12.6 Å². The number of nitrogens with two attached hydrogens (primary N) is 1. The van der Waals surface area contributed by atoms with Crippen molar-refractivity contribution in [2.24, 2.45) is 5.73 Å². The van der Waals surface area contributed by atoms with Crippen LogP contribution in [-0.2, 0) is 11.2 Å². The summed E-state index contributed by atoms with van der Waals surface area (Å²) in [6.07, 6.45) is 3.00. The lowest BCUT2D eigenvalue weighted by molar-refractivity contribution is 0.0900. The average molecular weight is 288 g/mol. The summed E-state index contributed by atoms with van der Waals surface area (Å²) < 4.78 is 19.1. The summed E-state index contributed by atoms with van der Waals surface area (Å²) in [4.78, 5) is 0. The van der Waals surface area contributed by atoms with Crippen molar-refractivity contribution in [2.75, 3.05) is 6.61 Å². The highest BCUT2D eigenvalue weighted by Gasteiger charge is 2.22. The van der Waals surface area contributed by atoms with Crippen molar-refractivity contribution < 1.29 is 9.13 Å². The van der Waals surface area contributed by atoms with E-state index in [4.69, 9.17) is 10.5 Å². The van der Waals surface area contributed by atoms with Gasteiger partial charge in [0.1, 0.15) is 5.82 Å². The second-order valence-electron chi connectivity index (χ2n) is 4.17. The van der Waals surface area contributed by atoms with E-state index in [1.54, 1.807) is 12.1 Å². The van der Waals surface area contributed by atoms with Crippen molar-refractivity contribution in [3.8, 4) is 0 Å². The minimum absolute atomic E-state index is 0.000128. The Morgan fingerprint density at radius 3 is 3.00 bits per heavy atom. The summed E-state index contributed by atoms with van der Waals surface area (Å²) in [5.74, 6) is -0.241.